The van der Waals surface area contributed by atoms with Crippen LogP contribution in [0.2, 0.25) is 0 Å². The zero-order valence-corrected chi connectivity index (χ0v) is 13.6. The van der Waals surface area contributed by atoms with Gasteiger partial charge in [-0.3, -0.25) is 0 Å². The van der Waals surface area contributed by atoms with E-state index in [-0.39, 0.29) is 13.2 Å². The monoisotopic (exact) mass is 338 g/mol. The minimum absolute atomic E-state index is 0.138. The molecule has 0 atom stereocenters. The molecule has 0 spiro atoms. The molecule has 0 radical (unpaired) electrons. The van der Waals surface area contributed by atoms with E-state index >= 15 is 0 Å². The Morgan fingerprint density at radius 1 is 0.800 bits per heavy atom. The summed E-state index contributed by atoms with van der Waals surface area (Å²) in [7, 11) is 0. The molecule has 0 amide bonds. The summed E-state index contributed by atoms with van der Waals surface area (Å²) in [6, 6.07) is 13.1. The highest BCUT2D eigenvalue weighted by Crippen LogP contribution is 2.23. The molecule has 0 unspecified atom stereocenters. The molecule has 0 aliphatic rings. The summed E-state index contributed by atoms with van der Waals surface area (Å²) >= 11 is 0. The number of rotatable bonds is 8. The number of hydrogen-bond donors (Lipinski definition) is 0. The zero-order chi connectivity index (χ0) is 18.1. The van der Waals surface area contributed by atoms with Gasteiger partial charge in [-0.15, -0.1) is 0 Å². The SMILES string of the molecule is C=CCOC(=O)c1cccc(Oc2cccc(C(=O)OCC=C)c2)c1. The van der Waals surface area contributed by atoms with Gasteiger partial charge in [0.05, 0.1) is 11.1 Å². The molecule has 0 bridgehead atoms. The first-order valence-corrected chi connectivity index (χ1v) is 7.58. The first-order chi connectivity index (χ1) is 12.1. The lowest BCUT2D eigenvalue weighted by molar-refractivity contribution is 0.0540. The van der Waals surface area contributed by atoms with Gasteiger partial charge in [0.2, 0.25) is 0 Å². The van der Waals surface area contributed by atoms with Crippen molar-refractivity contribution < 1.29 is 23.8 Å². The van der Waals surface area contributed by atoms with E-state index in [0.717, 1.165) is 0 Å². The van der Waals surface area contributed by atoms with Crippen LogP contribution < -0.4 is 4.74 Å². The summed E-state index contributed by atoms with van der Waals surface area (Å²) < 4.78 is 15.7. The largest absolute Gasteiger partial charge is 0.458 e. The minimum Gasteiger partial charge on any atom is -0.458 e. The van der Waals surface area contributed by atoms with Crippen molar-refractivity contribution in [2.24, 2.45) is 0 Å². The maximum absolute atomic E-state index is 11.9. The van der Waals surface area contributed by atoms with Gasteiger partial charge in [0.25, 0.3) is 0 Å². The third-order valence-electron chi connectivity index (χ3n) is 3.04. The van der Waals surface area contributed by atoms with E-state index in [0.29, 0.717) is 22.6 Å². The first-order valence-electron chi connectivity index (χ1n) is 7.58. The number of benzene rings is 2. The molecule has 0 saturated carbocycles. The van der Waals surface area contributed by atoms with Crippen molar-refractivity contribution in [3.63, 3.8) is 0 Å². The molecular formula is C20H18O5. The van der Waals surface area contributed by atoms with E-state index in [1.165, 1.54) is 12.2 Å². The molecule has 2 aromatic rings. The van der Waals surface area contributed by atoms with Crippen LogP contribution in [0, 0.1) is 0 Å². The second kappa shape index (κ2) is 9.08. The van der Waals surface area contributed by atoms with Gasteiger partial charge < -0.3 is 14.2 Å². The molecule has 0 aliphatic heterocycles. The van der Waals surface area contributed by atoms with Crippen LogP contribution in [-0.2, 0) is 9.47 Å². The predicted molar refractivity (Wildman–Crippen MR) is 93.9 cm³/mol. The second-order valence-electron chi connectivity index (χ2n) is 4.93. The van der Waals surface area contributed by atoms with E-state index < -0.39 is 11.9 Å². The van der Waals surface area contributed by atoms with Gasteiger partial charge in [-0.2, -0.15) is 0 Å². The summed E-state index contributed by atoms with van der Waals surface area (Å²) in [5, 5.41) is 0. The molecule has 2 rings (SSSR count). The molecule has 0 aromatic heterocycles. The summed E-state index contributed by atoms with van der Waals surface area (Å²) in [6.45, 7) is 7.27. The van der Waals surface area contributed by atoms with E-state index in [1.807, 2.05) is 0 Å². The van der Waals surface area contributed by atoms with Crippen molar-refractivity contribution in [2.75, 3.05) is 13.2 Å². The summed E-state index contributed by atoms with van der Waals surface area (Å²) in [6.07, 6.45) is 2.99. The van der Waals surface area contributed by atoms with Crippen molar-refractivity contribution in [1.82, 2.24) is 0 Å². The highest BCUT2D eigenvalue weighted by atomic mass is 16.5. The van der Waals surface area contributed by atoms with Gasteiger partial charge in [0.15, 0.2) is 0 Å². The van der Waals surface area contributed by atoms with Crippen LogP contribution in [0.1, 0.15) is 20.7 Å². The molecular weight excluding hydrogens is 320 g/mol. The summed E-state index contributed by atoms with van der Waals surface area (Å²) in [5.74, 6) is -0.0338. The van der Waals surface area contributed by atoms with Crippen LogP contribution in [0.25, 0.3) is 0 Å². The van der Waals surface area contributed by atoms with Gasteiger partial charge in [-0.1, -0.05) is 37.4 Å². The molecule has 0 fully saturated rings. The lowest BCUT2D eigenvalue weighted by atomic mass is 10.2. The Labute approximate surface area is 146 Å². The maximum Gasteiger partial charge on any atom is 0.338 e. The van der Waals surface area contributed by atoms with Crippen LogP contribution in [-0.4, -0.2) is 25.2 Å². The molecule has 5 nitrogen and oxygen atoms in total. The number of esters is 2. The third-order valence-corrected chi connectivity index (χ3v) is 3.04. The number of hydrogen-bond acceptors (Lipinski definition) is 5. The van der Waals surface area contributed by atoms with Gasteiger partial charge in [0, 0.05) is 0 Å². The van der Waals surface area contributed by atoms with E-state index in [2.05, 4.69) is 13.2 Å². The Morgan fingerprint density at radius 3 is 1.64 bits per heavy atom. The fraction of sp³-hybridized carbons (Fsp3) is 0.100. The fourth-order valence-corrected chi connectivity index (χ4v) is 1.95. The average Bonchev–Trinajstić information content (AvgIpc) is 2.64. The van der Waals surface area contributed by atoms with Crippen molar-refractivity contribution in [3.8, 4) is 11.5 Å². The van der Waals surface area contributed by atoms with E-state index in [9.17, 15) is 9.59 Å². The van der Waals surface area contributed by atoms with Crippen molar-refractivity contribution in [3.05, 3.63) is 85.0 Å². The molecule has 0 saturated heterocycles. The molecule has 0 aliphatic carbocycles. The lowest BCUT2D eigenvalue weighted by Gasteiger charge is -2.09. The fourth-order valence-electron chi connectivity index (χ4n) is 1.95. The lowest BCUT2D eigenvalue weighted by Crippen LogP contribution is -2.05. The van der Waals surface area contributed by atoms with Gasteiger partial charge in [0.1, 0.15) is 24.7 Å². The van der Waals surface area contributed by atoms with E-state index in [1.54, 1.807) is 48.5 Å². The molecule has 25 heavy (non-hydrogen) atoms. The Bertz CT molecular complexity index is 714. The molecule has 2 aromatic carbocycles. The Morgan fingerprint density at radius 2 is 1.24 bits per heavy atom. The quantitative estimate of drug-likeness (QED) is 0.534. The second-order valence-corrected chi connectivity index (χ2v) is 4.93. The van der Waals surface area contributed by atoms with Crippen LogP contribution in [0.4, 0.5) is 0 Å². The van der Waals surface area contributed by atoms with Crippen molar-refractivity contribution in [1.29, 1.82) is 0 Å². The first kappa shape index (κ1) is 18.0. The molecule has 128 valence electrons. The maximum atomic E-state index is 11.9. The van der Waals surface area contributed by atoms with Gasteiger partial charge in [-0.25, -0.2) is 9.59 Å². The topological polar surface area (TPSA) is 61.8 Å². The van der Waals surface area contributed by atoms with Crippen LogP contribution in [0.3, 0.4) is 0 Å². The van der Waals surface area contributed by atoms with Crippen LogP contribution in [0.15, 0.2) is 73.8 Å². The standard InChI is InChI=1S/C20H18O5/c1-3-11-23-19(21)15-7-5-9-17(13-15)25-18-10-6-8-16(14-18)20(22)24-12-4-2/h3-10,13-14H,1-2,11-12H2. The average molecular weight is 338 g/mol. The van der Waals surface area contributed by atoms with Gasteiger partial charge in [-0.05, 0) is 36.4 Å². The minimum atomic E-state index is -0.466. The third kappa shape index (κ3) is 5.35. The molecule has 0 N–H and O–H groups in total. The zero-order valence-electron chi connectivity index (χ0n) is 13.6. The Kier molecular flexibility index (Phi) is 6.54. The number of carbonyl (C=O) groups is 2. The highest BCUT2D eigenvalue weighted by Gasteiger charge is 2.10. The Balaban J connectivity index is 2.11. The smallest absolute Gasteiger partial charge is 0.338 e. The summed E-state index contributed by atoms with van der Waals surface area (Å²) in [5.41, 5.74) is 0.724. The molecule has 5 heteroatoms. The predicted octanol–water partition coefficient (Wildman–Crippen LogP) is 4.16. The highest BCUT2D eigenvalue weighted by molar-refractivity contribution is 5.90. The van der Waals surface area contributed by atoms with Crippen molar-refractivity contribution >= 4 is 11.9 Å². The van der Waals surface area contributed by atoms with E-state index in [4.69, 9.17) is 14.2 Å². The van der Waals surface area contributed by atoms with Crippen molar-refractivity contribution in [2.45, 2.75) is 0 Å². The number of carbonyl (C=O) groups excluding carboxylic acids is 2. The normalized spacial score (nSPS) is 9.76. The Hall–Kier alpha value is -3.34. The van der Waals surface area contributed by atoms with Crippen LogP contribution >= 0.6 is 0 Å². The van der Waals surface area contributed by atoms with Gasteiger partial charge >= 0.3 is 11.9 Å². The molecule has 0 heterocycles. The summed E-state index contributed by atoms with van der Waals surface area (Å²) in [4.78, 5) is 23.7. The van der Waals surface area contributed by atoms with Crippen LogP contribution in [0.5, 0.6) is 11.5 Å². The number of ether oxygens (including phenoxy) is 3.